The molecule has 0 radical (unpaired) electrons. The van der Waals surface area contributed by atoms with E-state index in [1.165, 1.54) is 24.0 Å². The first-order valence-electron chi connectivity index (χ1n) is 6.17. The highest BCUT2D eigenvalue weighted by molar-refractivity contribution is 5.85. The van der Waals surface area contributed by atoms with Gasteiger partial charge in [-0.15, -0.1) is 24.8 Å². The van der Waals surface area contributed by atoms with Gasteiger partial charge in [-0.05, 0) is 24.1 Å². The topological polar surface area (TPSA) is 15.3 Å². The van der Waals surface area contributed by atoms with Crippen LogP contribution >= 0.6 is 24.8 Å². The summed E-state index contributed by atoms with van der Waals surface area (Å²) in [5.41, 5.74) is 0.343. The molecule has 8 heteroatoms. The third-order valence-electron chi connectivity index (χ3n) is 3.32. The zero-order chi connectivity index (χ0) is 14.0. The lowest BCUT2D eigenvalue weighted by atomic mass is 10.0. The van der Waals surface area contributed by atoms with E-state index in [1.54, 1.807) is 0 Å². The highest BCUT2D eigenvalue weighted by atomic mass is 35.5. The van der Waals surface area contributed by atoms with Gasteiger partial charge in [0.1, 0.15) is 11.9 Å². The van der Waals surface area contributed by atoms with Crippen molar-refractivity contribution in [1.29, 1.82) is 0 Å². The normalized spacial score (nSPS) is 17.6. The summed E-state index contributed by atoms with van der Waals surface area (Å²) in [6.07, 6.45) is -4.36. The molecule has 122 valence electrons. The van der Waals surface area contributed by atoms with Gasteiger partial charge in [0.05, 0.1) is 0 Å². The molecule has 0 unspecified atom stereocenters. The van der Waals surface area contributed by atoms with Crippen molar-refractivity contribution in [3.63, 3.8) is 0 Å². The fourth-order valence-corrected chi connectivity index (χ4v) is 2.39. The number of benzene rings is 1. The minimum Gasteiger partial charge on any atom is -0.314 e. The highest BCUT2D eigenvalue weighted by Gasteiger charge is 2.44. The number of nitrogens with one attached hydrogen (secondary N) is 1. The Morgan fingerprint density at radius 3 is 2.19 bits per heavy atom. The molecule has 2 rings (SSSR count). The van der Waals surface area contributed by atoms with Crippen molar-refractivity contribution in [2.75, 3.05) is 26.2 Å². The lowest BCUT2D eigenvalue weighted by Crippen LogP contribution is -2.49. The van der Waals surface area contributed by atoms with E-state index in [0.717, 1.165) is 6.07 Å². The number of nitrogens with zero attached hydrogens (tertiary/aromatic N) is 1. The molecule has 2 nitrogen and oxygen atoms in total. The number of halogens is 6. The van der Waals surface area contributed by atoms with Crippen molar-refractivity contribution in [2.45, 2.75) is 19.1 Å². The summed E-state index contributed by atoms with van der Waals surface area (Å²) >= 11 is 0. The first-order chi connectivity index (χ1) is 8.89. The molecule has 1 aromatic carbocycles. The number of hydrogen-bond donors (Lipinski definition) is 1. The Kier molecular flexibility index (Phi) is 7.95. The standard InChI is InChI=1S/C13H16F4N2.2ClH/c1-9-8-10(2-3-11(9)14)12(13(15,16)17)19-6-4-18-5-7-19;;/h2-3,8,12,18H,4-7H2,1H3;2*1H/t12-;;/m0../s1. The third-order valence-corrected chi connectivity index (χ3v) is 3.32. The minimum absolute atomic E-state index is 0. The number of alkyl halides is 3. The van der Waals surface area contributed by atoms with Crippen LogP contribution in [0.4, 0.5) is 17.6 Å². The maximum atomic E-state index is 13.3. The molecule has 1 atom stereocenters. The summed E-state index contributed by atoms with van der Waals surface area (Å²) in [7, 11) is 0. The van der Waals surface area contributed by atoms with Crippen LogP contribution in [0.25, 0.3) is 0 Å². The van der Waals surface area contributed by atoms with Gasteiger partial charge in [-0.25, -0.2) is 4.39 Å². The van der Waals surface area contributed by atoms with E-state index in [0.29, 0.717) is 26.2 Å². The predicted octanol–water partition coefficient (Wildman–Crippen LogP) is 3.49. The summed E-state index contributed by atoms with van der Waals surface area (Å²) in [6, 6.07) is 1.96. The van der Waals surface area contributed by atoms with E-state index in [2.05, 4.69) is 5.32 Å². The Hall–Kier alpha value is -0.560. The lowest BCUT2D eigenvalue weighted by Gasteiger charge is -2.36. The molecule has 1 aliphatic heterocycles. The van der Waals surface area contributed by atoms with E-state index in [9.17, 15) is 17.6 Å². The minimum atomic E-state index is -4.36. The Balaban J connectivity index is 0.00000200. The van der Waals surface area contributed by atoms with Crippen LogP contribution in [0.3, 0.4) is 0 Å². The van der Waals surface area contributed by atoms with Crippen LogP contribution in [0, 0.1) is 12.7 Å². The molecule has 21 heavy (non-hydrogen) atoms. The summed E-state index contributed by atoms with van der Waals surface area (Å²) in [4.78, 5) is 1.39. The predicted molar refractivity (Wildman–Crippen MR) is 78.9 cm³/mol. The zero-order valence-electron chi connectivity index (χ0n) is 11.4. The Labute approximate surface area is 133 Å². The number of aryl methyl sites for hydroxylation is 1. The monoisotopic (exact) mass is 348 g/mol. The highest BCUT2D eigenvalue weighted by Crippen LogP contribution is 2.38. The van der Waals surface area contributed by atoms with E-state index < -0.39 is 18.0 Å². The Morgan fingerprint density at radius 1 is 1.14 bits per heavy atom. The first kappa shape index (κ1) is 20.4. The summed E-state index contributed by atoms with van der Waals surface area (Å²) < 4.78 is 53.0. The molecule has 1 N–H and O–H groups in total. The summed E-state index contributed by atoms with van der Waals surface area (Å²) in [5, 5.41) is 3.02. The van der Waals surface area contributed by atoms with E-state index >= 15 is 0 Å². The Morgan fingerprint density at radius 2 is 1.71 bits per heavy atom. The van der Waals surface area contributed by atoms with Crippen LogP contribution in [-0.4, -0.2) is 37.3 Å². The van der Waals surface area contributed by atoms with Crippen LogP contribution < -0.4 is 5.32 Å². The van der Waals surface area contributed by atoms with Gasteiger partial charge < -0.3 is 5.32 Å². The van der Waals surface area contributed by atoms with Crippen molar-refractivity contribution in [1.82, 2.24) is 10.2 Å². The van der Waals surface area contributed by atoms with Gasteiger partial charge in [-0.2, -0.15) is 13.2 Å². The first-order valence-corrected chi connectivity index (χ1v) is 6.17. The van der Waals surface area contributed by atoms with Crippen LogP contribution in [0.15, 0.2) is 18.2 Å². The fraction of sp³-hybridized carbons (Fsp3) is 0.538. The number of piperazine rings is 1. The fourth-order valence-electron chi connectivity index (χ4n) is 2.39. The molecular weight excluding hydrogens is 331 g/mol. The molecule has 0 aliphatic carbocycles. The van der Waals surface area contributed by atoms with Crippen LogP contribution in [-0.2, 0) is 0 Å². The van der Waals surface area contributed by atoms with Gasteiger partial charge in [-0.3, -0.25) is 4.90 Å². The molecule has 1 fully saturated rings. The van der Waals surface area contributed by atoms with Gasteiger partial charge in [0.2, 0.25) is 0 Å². The Bertz CT molecular complexity index is 448. The number of hydrogen-bond acceptors (Lipinski definition) is 2. The third kappa shape index (κ3) is 4.98. The summed E-state index contributed by atoms with van der Waals surface area (Å²) in [5.74, 6) is -0.481. The smallest absolute Gasteiger partial charge is 0.314 e. The van der Waals surface area contributed by atoms with Crippen LogP contribution in [0.2, 0.25) is 0 Å². The molecule has 1 aromatic rings. The molecule has 0 aromatic heterocycles. The van der Waals surface area contributed by atoms with Gasteiger partial charge in [-0.1, -0.05) is 12.1 Å². The number of rotatable bonds is 2. The molecule has 1 heterocycles. The van der Waals surface area contributed by atoms with Crippen molar-refractivity contribution < 1.29 is 17.6 Å². The SMILES string of the molecule is Cc1cc([C@H](N2CCNCC2)C(F)(F)F)ccc1F.Cl.Cl. The van der Waals surface area contributed by atoms with Gasteiger partial charge in [0.25, 0.3) is 0 Å². The molecule has 0 spiro atoms. The van der Waals surface area contributed by atoms with Crippen LogP contribution in [0.1, 0.15) is 17.2 Å². The van der Waals surface area contributed by atoms with Gasteiger partial charge >= 0.3 is 6.18 Å². The quantitative estimate of drug-likeness (QED) is 0.823. The second-order valence-electron chi connectivity index (χ2n) is 4.74. The van der Waals surface area contributed by atoms with Gasteiger partial charge in [0, 0.05) is 26.2 Å². The molecule has 0 saturated carbocycles. The second-order valence-corrected chi connectivity index (χ2v) is 4.74. The average Bonchev–Trinajstić information content (AvgIpc) is 2.34. The van der Waals surface area contributed by atoms with Crippen LogP contribution in [0.5, 0.6) is 0 Å². The van der Waals surface area contributed by atoms with E-state index in [-0.39, 0.29) is 35.9 Å². The molecular formula is C13H18Cl2F4N2. The maximum absolute atomic E-state index is 13.3. The van der Waals surface area contributed by atoms with Gasteiger partial charge in [0.15, 0.2) is 0 Å². The van der Waals surface area contributed by atoms with E-state index in [1.807, 2.05) is 0 Å². The molecule has 0 bridgehead atoms. The average molecular weight is 349 g/mol. The lowest BCUT2D eigenvalue weighted by molar-refractivity contribution is -0.187. The molecule has 1 saturated heterocycles. The molecule has 1 aliphatic rings. The van der Waals surface area contributed by atoms with Crippen molar-refractivity contribution >= 4 is 24.8 Å². The largest absolute Gasteiger partial charge is 0.408 e. The zero-order valence-corrected chi connectivity index (χ0v) is 13.0. The van der Waals surface area contributed by atoms with Crippen molar-refractivity contribution in [3.05, 3.63) is 35.1 Å². The summed E-state index contributed by atoms with van der Waals surface area (Å²) in [6.45, 7) is 3.21. The van der Waals surface area contributed by atoms with Crippen molar-refractivity contribution in [3.8, 4) is 0 Å². The molecule has 0 amide bonds. The maximum Gasteiger partial charge on any atom is 0.408 e. The van der Waals surface area contributed by atoms with E-state index in [4.69, 9.17) is 0 Å². The van der Waals surface area contributed by atoms with Crippen molar-refractivity contribution in [2.24, 2.45) is 0 Å². The second kappa shape index (κ2) is 8.17.